The molecule has 1 aromatic carbocycles. The first-order chi connectivity index (χ1) is 11.1. The molecular formula is C16H16N4O2S. The highest BCUT2D eigenvalue weighted by Gasteiger charge is 2.31. The number of sulfonamides is 1. The first kappa shape index (κ1) is 14.3. The van der Waals surface area contributed by atoms with Gasteiger partial charge in [0.05, 0.1) is 10.6 Å². The smallest absolute Gasteiger partial charge is 0.263 e. The van der Waals surface area contributed by atoms with Crippen LogP contribution in [0.4, 0.5) is 5.82 Å². The molecule has 2 aromatic rings. The van der Waals surface area contributed by atoms with Gasteiger partial charge in [-0.05, 0) is 49.3 Å². The van der Waals surface area contributed by atoms with E-state index in [9.17, 15) is 13.7 Å². The molecule has 0 spiro atoms. The zero-order valence-electron chi connectivity index (χ0n) is 12.4. The number of rotatable bonds is 5. The number of anilines is 1. The summed E-state index contributed by atoms with van der Waals surface area (Å²) in [7, 11) is -3.74. The van der Waals surface area contributed by atoms with Gasteiger partial charge in [0.2, 0.25) is 0 Å². The number of aromatic amines is 1. The van der Waals surface area contributed by atoms with Gasteiger partial charge in [0.25, 0.3) is 10.0 Å². The summed E-state index contributed by atoms with van der Waals surface area (Å²) in [6, 6.07) is 8.98. The third-order valence-electron chi connectivity index (χ3n) is 4.36. The summed E-state index contributed by atoms with van der Waals surface area (Å²) in [6.45, 7) is 0. The van der Waals surface area contributed by atoms with Crippen molar-refractivity contribution in [3.05, 3.63) is 41.1 Å². The molecule has 23 heavy (non-hydrogen) atoms. The Morgan fingerprint density at radius 2 is 1.78 bits per heavy atom. The fourth-order valence-corrected chi connectivity index (χ4v) is 3.75. The number of nitrogens with one attached hydrogen (secondary N) is 2. The van der Waals surface area contributed by atoms with Crippen LogP contribution in [0, 0.1) is 11.3 Å². The minimum Gasteiger partial charge on any atom is -0.279 e. The van der Waals surface area contributed by atoms with Crippen LogP contribution in [0.1, 0.15) is 54.3 Å². The van der Waals surface area contributed by atoms with Gasteiger partial charge in [0.1, 0.15) is 11.6 Å². The van der Waals surface area contributed by atoms with Crippen molar-refractivity contribution < 1.29 is 8.42 Å². The topological polar surface area (TPSA) is 98.6 Å². The largest absolute Gasteiger partial charge is 0.279 e. The summed E-state index contributed by atoms with van der Waals surface area (Å²) in [5.41, 5.74) is 2.21. The van der Waals surface area contributed by atoms with Crippen LogP contribution in [0.2, 0.25) is 0 Å². The standard InChI is InChI=1S/C16H16N4O2S/c17-9-14-15(12-3-4-12)18-19-16(14)20-23(21,22)13-7-5-11(6-8-13)10-1-2-10/h5-8,10,12H,1-4H2,(H2,18,19,20). The van der Waals surface area contributed by atoms with Gasteiger partial charge >= 0.3 is 0 Å². The van der Waals surface area contributed by atoms with Crippen molar-refractivity contribution >= 4 is 15.8 Å². The third-order valence-corrected chi connectivity index (χ3v) is 5.72. The molecule has 0 atom stereocenters. The molecule has 0 radical (unpaired) electrons. The first-order valence-electron chi connectivity index (χ1n) is 7.69. The molecule has 2 aliphatic rings. The minimum absolute atomic E-state index is 0.0840. The van der Waals surface area contributed by atoms with Crippen molar-refractivity contribution in [1.29, 1.82) is 5.26 Å². The highest BCUT2D eigenvalue weighted by molar-refractivity contribution is 7.92. The van der Waals surface area contributed by atoms with E-state index >= 15 is 0 Å². The number of nitriles is 1. The number of nitrogens with zero attached hydrogens (tertiary/aromatic N) is 2. The van der Waals surface area contributed by atoms with E-state index in [4.69, 9.17) is 0 Å². The summed E-state index contributed by atoms with van der Waals surface area (Å²) in [4.78, 5) is 0.182. The van der Waals surface area contributed by atoms with Gasteiger partial charge in [0.15, 0.2) is 5.82 Å². The Kier molecular flexibility index (Phi) is 3.16. The maximum Gasteiger partial charge on any atom is 0.263 e. The van der Waals surface area contributed by atoms with E-state index in [2.05, 4.69) is 21.0 Å². The quantitative estimate of drug-likeness (QED) is 0.881. The van der Waals surface area contributed by atoms with Crippen molar-refractivity contribution in [2.45, 2.75) is 42.4 Å². The van der Waals surface area contributed by atoms with Crippen LogP contribution in [0.15, 0.2) is 29.2 Å². The Labute approximate surface area is 134 Å². The molecule has 7 heteroatoms. The van der Waals surface area contributed by atoms with Gasteiger partial charge in [-0.15, -0.1) is 0 Å². The molecule has 2 fully saturated rings. The SMILES string of the molecule is N#Cc1c(NS(=O)(=O)c2ccc(C3CC3)cc2)n[nH]c1C1CC1. The van der Waals surface area contributed by atoms with Crippen LogP contribution in [-0.2, 0) is 10.0 Å². The van der Waals surface area contributed by atoms with E-state index in [1.807, 2.05) is 12.1 Å². The summed E-state index contributed by atoms with van der Waals surface area (Å²) in [5.74, 6) is 0.964. The average molecular weight is 328 g/mol. The molecule has 2 saturated carbocycles. The molecule has 0 amide bonds. The summed E-state index contributed by atoms with van der Waals surface area (Å²) in [6.07, 6.45) is 4.36. The number of benzene rings is 1. The number of H-pyrrole nitrogens is 1. The van der Waals surface area contributed by atoms with Crippen LogP contribution in [-0.4, -0.2) is 18.6 Å². The monoisotopic (exact) mass is 328 g/mol. The third kappa shape index (κ3) is 2.70. The van der Waals surface area contributed by atoms with Gasteiger partial charge < -0.3 is 0 Å². The second-order valence-electron chi connectivity index (χ2n) is 6.20. The van der Waals surface area contributed by atoms with E-state index in [1.165, 1.54) is 18.4 Å². The average Bonchev–Trinajstić information content (AvgIpc) is 3.45. The lowest BCUT2D eigenvalue weighted by Crippen LogP contribution is -2.14. The molecule has 4 rings (SSSR count). The molecular weight excluding hydrogens is 312 g/mol. The molecule has 6 nitrogen and oxygen atoms in total. The molecule has 1 heterocycles. The number of aromatic nitrogens is 2. The lowest BCUT2D eigenvalue weighted by molar-refractivity contribution is 0.601. The van der Waals surface area contributed by atoms with Crippen LogP contribution < -0.4 is 4.72 Å². The van der Waals surface area contributed by atoms with Gasteiger partial charge in [-0.25, -0.2) is 8.42 Å². The van der Waals surface area contributed by atoms with E-state index < -0.39 is 10.0 Å². The predicted molar refractivity (Wildman–Crippen MR) is 84.5 cm³/mol. The maximum absolute atomic E-state index is 12.5. The molecule has 0 bridgehead atoms. The molecule has 0 aliphatic heterocycles. The summed E-state index contributed by atoms with van der Waals surface area (Å²) in [5, 5.41) is 16.1. The van der Waals surface area contributed by atoms with E-state index in [1.54, 1.807) is 12.1 Å². The highest BCUT2D eigenvalue weighted by atomic mass is 32.2. The van der Waals surface area contributed by atoms with Gasteiger partial charge in [0, 0.05) is 5.92 Å². The molecule has 1 aromatic heterocycles. The lowest BCUT2D eigenvalue weighted by Gasteiger charge is -2.07. The fourth-order valence-electron chi connectivity index (χ4n) is 2.73. The van der Waals surface area contributed by atoms with Crippen molar-refractivity contribution in [3.8, 4) is 6.07 Å². The first-order valence-corrected chi connectivity index (χ1v) is 9.18. The number of hydrogen-bond acceptors (Lipinski definition) is 4. The van der Waals surface area contributed by atoms with E-state index in [0.717, 1.165) is 18.5 Å². The second kappa shape index (κ2) is 5.10. The Balaban J connectivity index is 1.60. The Hall–Kier alpha value is -2.33. The van der Waals surface area contributed by atoms with Crippen LogP contribution >= 0.6 is 0 Å². The second-order valence-corrected chi connectivity index (χ2v) is 7.88. The van der Waals surface area contributed by atoms with E-state index in [-0.39, 0.29) is 10.7 Å². The van der Waals surface area contributed by atoms with Crippen molar-refractivity contribution in [2.24, 2.45) is 0 Å². The molecule has 118 valence electrons. The van der Waals surface area contributed by atoms with Crippen molar-refractivity contribution in [1.82, 2.24) is 10.2 Å². The zero-order chi connectivity index (χ0) is 16.0. The van der Waals surface area contributed by atoms with Crippen LogP contribution in [0.5, 0.6) is 0 Å². The Bertz CT molecular complexity index is 885. The molecule has 2 aliphatic carbocycles. The Morgan fingerprint density at radius 3 is 2.35 bits per heavy atom. The Morgan fingerprint density at radius 1 is 1.13 bits per heavy atom. The fraction of sp³-hybridized carbons (Fsp3) is 0.375. The summed E-state index contributed by atoms with van der Waals surface area (Å²) >= 11 is 0. The van der Waals surface area contributed by atoms with Gasteiger partial charge in [-0.3, -0.25) is 9.82 Å². The lowest BCUT2D eigenvalue weighted by atomic mass is 10.1. The maximum atomic E-state index is 12.5. The zero-order valence-corrected chi connectivity index (χ0v) is 13.2. The van der Waals surface area contributed by atoms with Crippen molar-refractivity contribution in [3.63, 3.8) is 0 Å². The number of hydrogen-bond donors (Lipinski definition) is 2. The molecule has 0 unspecified atom stereocenters. The van der Waals surface area contributed by atoms with Crippen molar-refractivity contribution in [2.75, 3.05) is 4.72 Å². The highest BCUT2D eigenvalue weighted by Crippen LogP contribution is 2.42. The van der Waals surface area contributed by atoms with Crippen LogP contribution in [0.3, 0.4) is 0 Å². The van der Waals surface area contributed by atoms with Gasteiger partial charge in [-0.2, -0.15) is 10.4 Å². The van der Waals surface area contributed by atoms with Crippen LogP contribution in [0.25, 0.3) is 0 Å². The van der Waals surface area contributed by atoms with E-state index in [0.29, 0.717) is 17.4 Å². The molecule has 0 saturated heterocycles. The predicted octanol–water partition coefficient (Wildman–Crippen LogP) is 2.84. The normalized spacial score (nSPS) is 17.7. The summed E-state index contributed by atoms with van der Waals surface area (Å²) < 4.78 is 27.4. The minimum atomic E-state index is -3.74. The molecule has 2 N–H and O–H groups in total. The van der Waals surface area contributed by atoms with Gasteiger partial charge in [-0.1, -0.05) is 12.1 Å².